The smallest absolute Gasteiger partial charge is 0.119 e. The molecule has 0 saturated carbocycles. The molecule has 0 fully saturated rings. The van der Waals surface area contributed by atoms with E-state index in [4.69, 9.17) is 0 Å². The number of aromatic hydroxyl groups is 1. The molecule has 0 saturated heterocycles. The number of hydrogen-bond donors (Lipinski definition) is 2. The zero-order valence-electron chi connectivity index (χ0n) is 9.83. The van der Waals surface area contributed by atoms with Gasteiger partial charge < -0.3 is 10.4 Å². The molecule has 1 aromatic rings. The summed E-state index contributed by atoms with van der Waals surface area (Å²) in [6.45, 7) is 5.33. The largest absolute Gasteiger partial charge is 0.508 e. The molecule has 0 aliphatic heterocycles. The molecule has 1 atom stereocenters. The first kappa shape index (κ1) is 12.1. The summed E-state index contributed by atoms with van der Waals surface area (Å²) in [5, 5.41) is 13.0. The highest BCUT2D eigenvalue weighted by Crippen LogP contribution is 2.29. The molecule has 1 unspecified atom stereocenters. The van der Waals surface area contributed by atoms with E-state index in [1.54, 1.807) is 6.07 Å². The van der Waals surface area contributed by atoms with E-state index in [0.29, 0.717) is 17.6 Å². The Balaban J connectivity index is 2.83. The zero-order chi connectivity index (χ0) is 11.3. The van der Waals surface area contributed by atoms with E-state index >= 15 is 0 Å². The van der Waals surface area contributed by atoms with Crippen LogP contribution in [0, 0.1) is 5.92 Å². The van der Waals surface area contributed by atoms with Crippen molar-refractivity contribution in [2.24, 2.45) is 5.92 Å². The standard InChI is InChI=1S/C13H21NO/c1-10(2)8-11(9-14-3)12-6-4-5-7-13(12)15/h4-7,10-11,14-15H,8-9H2,1-3H3. The molecule has 0 aromatic heterocycles. The molecule has 2 nitrogen and oxygen atoms in total. The SMILES string of the molecule is CNCC(CC(C)C)c1ccccc1O. The minimum absolute atomic E-state index is 0.399. The first-order valence-electron chi connectivity index (χ1n) is 5.57. The van der Waals surface area contributed by atoms with Gasteiger partial charge in [0.1, 0.15) is 5.75 Å². The maximum Gasteiger partial charge on any atom is 0.119 e. The van der Waals surface area contributed by atoms with Crippen LogP contribution in [0.5, 0.6) is 5.75 Å². The van der Waals surface area contributed by atoms with Crippen LogP contribution in [-0.2, 0) is 0 Å². The normalized spacial score (nSPS) is 13.1. The fourth-order valence-electron chi connectivity index (χ4n) is 1.97. The highest BCUT2D eigenvalue weighted by atomic mass is 16.3. The molecular formula is C13H21NO. The number of rotatable bonds is 5. The Morgan fingerprint density at radius 3 is 2.47 bits per heavy atom. The second kappa shape index (κ2) is 5.76. The van der Waals surface area contributed by atoms with Crippen LogP contribution < -0.4 is 5.32 Å². The third kappa shape index (κ3) is 3.56. The molecule has 1 rings (SSSR count). The van der Waals surface area contributed by atoms with Crippen molar-refractivity contribution in [1.29, 1.82) is 0 Å². The average Bonchev–Trinajstić information content (AvgIpc) is 2.17. The number of hydrogen-bond acceptors (Lipinski definition) is 2. The molecule has 84 valence electrons. The number of para-hydroxylation sites is 1. The van der Waals surface area contributed by atoms with Gasteiger partial charge >= 0.3 is 0 Å². The molecule has 0 radical (unpaired) electrons. The Morgan fingerprint density at radius 1 is 1.27 bits per heavy atom. The van der Waals surface area contributed by atoms with Crippen LogP contribution in [0.25, 0.3) is 0 Å². The molecule has 2 heteroatoms. The third-order valence-corrected chi connectivity index (χ3v) is 2.58. The fourth-order valence-corrected chi connectivity index (χ4v) is 1.97. The van der Waals surface area contributed by atoms with Crippen LogP contribution in [0.15, 0.2) is 24.3 Å². The summed E-state index contributed by atoms with van der Waals surface area (Å²) in [5.41, 5.74) is 1.06. The van der Waals surface area contributed by atoms with Gasteiger partial charge in [-0.2, -0.15) is 0 Å². The Bertz CT molecular complexity index is 296. The van der Waals surface area contributed by atoms with Gasteiger partial charge in [0, 0.05) is 12.5 Å². The quantitative estimate of drug-likeness (QED) is 0.778. The predicted molar refractivity (Wildman–Crippen MR) is 64.2 cm³/mol. The summed E-state index contributed by atoms with van der Waals surface area (Å²) in [7, 11) is 1.95. The van der Waals surface area contributed by atoms with Gasteiger partial charge in [0.2, 0.25) is 0 Å². The van der Waals surface area contributed by atoms with Crippen molar-refractivity contribution < 1.29 is 5.11 Å². The molecule has 0 amide bonds. The zero-order valence-corrected chi connectivity index (χ0v) is 9.83. The highest BCUT2D eigenvalue weighted by Gasteiger charge is 2.15. The molecule has 0 heterocycles. The lowest BCUT2D eigenvalue weighted by Crippen LogP contribution is -2.18. The number of likely N-dealkylation sites (N-methyl/N-ethyl adjacent to an activating group) is 1. The first-order chi connectivity index (χ1) is 7.15. The Labute approximate surface area is 92.3 Å². The van der Waals surface area contributed by atoms with Crippen molar-refractivity contribution in [3.63, 3.8) is 0 Å². The summed E-state index contributed by atoms with van der Waals surface area (Å²) < 4.78 is 0. The van der Waals surface area contributed by atoms with E-state index in [1.807, 2.05) is 25.2 Å². The molecule has 0 aliphatic carbocycles. The Morgan fingerprint density at radius 2 is 1.93 bits per heavy atom. The maximum atomic E-state index is 9.79. The lowest BCUT2D eigenvalue weighted by Gasteiger charge is -2.20. The molecule has 0 bridgehead atoms. The first-order valence-corrected chi connectivity index (χ1v) is 5.57. The lowest BCUT2D eigenvalue weighted by molar-refractivity contribution is 0.436. The minimum Gasteiger partial charge on any atom is -0.508 e. The maximum absolute atomic E-state index is 9.79. The Kier molecular flexibility index (Phi) is 4.63. The van der Waals surface area contributed by atoms with Crippen LogP contribution in [-0.4, -0.2) is 18.7 Å². The average molecular weight is 207 g/mol. The van der Waals surface area contributed by atoms with Crippen molar-refractivity contribution in [2.75, 3.05) is 13.6 Å². The fraction of sp³-hybridized carbons (Fsp3) is 0.538. The van der Waals surface area contributed by atoms with Crippen LogP contribution in [0.1, 0.15) is 31.7 Å². The summed E-state index contributed by atoms with van der Waals surface area (Å²) >= 11 is 0. The van der Waals surface area contributed by atoms with Gasteiger partial charge in [-0.25, -0.2) is 0 Å². The highest BCUT2D eigenvalue weighted by molar-refractivity contribution is 5.35. The van der Waals surface area contributed by atoms with Gasteiger partial charge in [-0.1, -0.05) is 32.0 Å². The number of phenols is 1. The van der Waals surface area contributed by atoms with Crippen LogP contribution in [0.2, 0.25) is 0 Å². The summed E-state index contributed by atoms with van der Waals surface area (Å²) in [6.07, 6.45) is 1.10. The molecule has 1 aromatic carbocycles. The van der Waals surface area contributed by atoms with Gasteiger partial charge in [-0.3, -0.25) is 0 Å². The molecule has 0 aliphatic rings. The van der Waals surface area contributed by atoms with Crippen LogP contribution in [0.3, 0.4) is 0 Å². The van der Waals surface area contributed by atoms with Crippen LogP contribution in [0.4, 0.5) is 0 Å². The van der Waals surface area contributed by atoms with Crippen molar-refractivity contribution in [3.05, 3.63) is 29.8 Å². The van der Waals surface area contributed by atoms with Gasteiger partial charge in [-0.15, -0.1) is 0 Å². The topological polar surface area (TPSA) is 32.3 Å². The van der Waals surface area contributed by atoms with Gasteiger partial charge in [0.25, 0.3) is 0 Å². The minimum atomic E-state index is 0.399. The van der Waals surface area contributed by atoms with E-state index < -0.39 is 0 Å². The monoisotopic (exact) mass is 207 g/mol. The van der Waals surface area contributed by atoms with E-state index in [0.717, 1.165) is 18.5 Å². The van der Waals surface area contributed by atoms with E-state index in [2.05, 4.69) is 19.2 Å². The number of phenolic OH excluding ortho intramolecular Hbond substituents is 1. The second-order valence-corrected chi connectivity index (χ2v) is 4.44. The van der Waals surface area contributed by atoms with Crippen molar-refractivity contribution in [1.82, 2.24) is 5.32 Å². The summed E-state index contributed by atoms with van der Waals surface area (Å²) in [6, 6.07) is 7.63. The van der Waals surface area contributed by atoms with Crippen LogP contribution >= 0.6 is 0 Å². The van der Waals surface area contributed by atoms with E-state index in [1.165, 1.54) is 0 Å². The van der Waals surface area contributed by atoms with Crippen molar-refractivity contribution in [2.45, 2.75) is 26.2 Å². The number of benzene rings is 1. The summed E-state index contributed by atoms with van der Waals surface area (Å²) in [5.74, 6) is 1.46. The molecule has 2 N–H and O–H groups in total. The number of nitrogens with one attached hydrogen (secondary N) is 1. The van der Waals surface area contributed by atoms with Crippen molar-refractivity contribution >= 4 is 0 Å². The second-order valence-electron chi connectivity index (χ2n) is 4.44. The predicted octanol–water partition coefficient (Wildman–Crippen LogP) is 2.74. The van der Waals surface area contributed by atoms with Gasteiger partial charge in [-0.05, 0) is 31.0 Å². The molecule has 0 spiro atoms. The lowest BCUT2D eigenvalue weighted by atomic mass is 9.89. The molecular weight excluding hydrogens is 186 g/mol. The van der Waals surface area contributed by atoms with E-state index in [-0.39, 0.29) is 0 Å². The van der Waals surface area contributed by atoms with Crippen molar-refractivity contribution in [3.8, 4) is 5.75 Å². The van der Waals surface area contributed by atoms with Gasteiger partial charge in [0.15, 0.2) is 0 Å². The van der Waals surface area contributed by atoms with E-state index in [9.17, 15) is 5.11 Å². The molecule has 15 heavy (non-hydrogen) atoms. The Hall–Kier alpha value is -1.02. The van der Waals surface area contributed by atoms with Gasteiger partial charge in [0.05, 0.1) is 0 Å². The summed E-state index contributed by atoms with van der Waals surface area (Å²) in [4.78, 5) is 0. The third-order valence-electron chi connectivity index (χ3n) is 2.58.